The Bertz CT molecular complexity index is 1760. The first-order valence-corrected chi connectivity index (χ1v) is 17.1. The maximum atomic E-state index is 16.7. The number of benzene rings is 2. The Balaban J connectivity index is 1.13. The molecule has 4 atom stereocenters. The lowest BCUT2D eigenvalue weighted by Crippen LogP contribution is -2.60. The number of guanidine groups is 1. The van der Waals surface area contributed by atoms with Gasteiger partial charge in [0.15, 0.2) is 5.82 Å². The molecule has 3 N–H and O–H groups in total. The van der Waals surface area contributed by atoms with Crippen LogP contribution in [0, 0.1) is 23.6 Å². The third-order valence-electron chi connectivity index (χ3n) is 10.7. The molecule has 2 saturated heterocycles. The Kier molecular flexibility index (Phi) is 7.93. The van der Waals surface area contributed by atoms with Gasteiger partial charge in [-0.15, -0.1) is 0 Å². The molecule has 3 fully saturated rings. The SMILES string of the molecule is CC1CCC([C@H](N=C2NC=CC3NC=CN23)c2nc3c(F)c(C4CN(Cc5ccccc5)CC4C(=O)N4CC(F)(F)C4)ccc3[nH]2)CC1. The van der Waals surface area contributed by atoms with Gasteiger partial charge in [-0.2, -0.15) is 0 Å². The number of aliphatic imine (C=N–C) groups is 1. The largest absolute Gasteiger partial charge is 0.366 e. The zero-order valence-electron chi connectivity index (χ0n) is 27.0. The lowest BCUT2D eigenvalue weighted by atomic mass is 9.79. The van der Waals surface area contributed by atoms with E-state index in [-0.39, 0.29) is 29.5 Å². The van der Waals surface area contributed by atoms with Gasteiger partial charge in [-0.25, -0.2) is 23.1 Å². The highest BCUT2D eigenvalue weighted by Crippen LogP contribution is 2.42. The third-order valence-corrected chi connectivity index (χ3v) is 10.7. The topological polar surface area (TPSA) is 91.9 Å². The van der Waals surface area contributed by atoms with E-state index in [4.69, 9.17) is 9.98 Å². The molecule has 3 aromatic rings. The van der Waals surface area contributed by atoms with Crippen molar-refractivity contribution >= 4 is 22.9 Å². The molecule has 2 aromatic carbocycles. The molecule has 3 unspecified atom stereocenters. The molecule has 5 aliphatic rings. The molecule has 5 heterocycles. The van der Waals surface area contributed by atoms with Crippen LogP contribution in [0.5, 0.6) is 0 Å². The fraction of sp³-hybridized carbons (Fsp3) is 0.472. The molecule has 4 aliphatic heterocycles. The first kappa shape index (κ1) is 31.0. The van der Waals surface area contributed by atoms with E-state index in [1.807, 2.05) is 66.0 Å². The van der Waals surface area contributed by atoms with Gasteiger partial charge in [0, 0.05) is 44.2 Å². The van der Waals surface area contributed by atoms with E-state index in [2.05, 4.69) is 27.4 Å². The van der Waals surface area contributed by atoms with E-state index < -0.39 is 36.7 Å². The zero-order chi connectivity index (χ0) is 33.0. The minimum absolute atomic E-state index is 0.0151. The van der Waals surface area contributed by atoms with Gasteiger partial charge < -0.3 is 20.5 Å². The number of fused-ring (bicyclic) bond motifs is 2. The van der Waals surface area contributed by atoms with Crippen molar-refractivity contribution in [2.45, 2.75) is 63.2 Å². The predicted molar refractivity (Wildman–Crippen MR) is 177 cm³/mol. The fourth-order valence-corrected chi connectivity index (χ4v) is 8.09. The number of aromatic nitrogens is 2. The number of nitrogens with one attached hydrogen (secondary N) is 3. The summed E-state index contributed by atoms with van der Waals surface area (Å²) >= 11 is 0. The first-order chi connectivity index (χ1) is 23.2. The van der Waals surface area contributed by atoms with Crippen LogP contribution in [0.2, 0.25) is 0 Å². The molecule has 48 heavy (non-hydrogen) atoms. The molecular formula is C36H41F3N8O. The second kappa shape index (κ2) is 12.3. The number of likely N-dealkylation sites (tertiary alicyclic amines) is 2. The summed E-state index contributed by atoms with van der Waals surface area (Å²) in [5.41, 5.74) is 2.26. The number of halogens is 3. The molecule has 0 bridgehead atoms. The van der Waals surface area contributed by atoms with E-state index in [1.165, 1.54) is 4.90 Å². The molecule has 1 aliphatic carbocycles. The number of alkyl halides is 2. The number of H-pyrrole nitrogens is 1. The Labute approximate surface area is 278 Å². The number of hydrogen-bond donors (Lipinski definition) is 3. The Morgan fingerprint density at radius 1 is 1.06 bits per heavy atom. The maximum Gasteiger partial charge on any atom is 0.282 e. The lowest BCUT2D eigenvalue weighted by molar-refractivity contribution is -0.169. The van der Waals surface area contributed by atoms with E-state index >= 15 is 4.39 Å². The fourth-order valence-electron chi connectivity index (χ4n) is 8.09. The standard InChI is InChI=1S/C36H41F3N8O/c1-22-7-9-24(10-8-22)31(44-35-41-14-13-29-40-15-16-47(29)35)33-42-28-12-11-25(30(37)32(28)43-33)26-18-45(17-23-5-3-2-4-6-23)19-27(26)34(48)46-20-36(38,39)21-46/h2-6,11-16,22,24,26-27,29,31,40H,7-10,17-21H2,1H3,(H,41,44)(H,42,43)/t22?,24?,26?,27?,29?,31-/m0/s1. The Morgan fingerprint density at radius 3 is 2.62 bits per heavy atom. The highest BCUT2D eigenvalue weighted by atomic mass is 19.3. The van der Waals surface area contributed by atoms with E-state index in [0.29, 0.717) is 48.4 Å². The summed E-state index contributed by atoms with van der Waals surface area (Å²) in [5, 5.41) is 6.58. The van der Waals surface area contributed by atoms with Gasteiger partial charge in [0.05, 0.1) is 24.5 Å². The Morgan fingerprint density at radius 2 is 1.85 bits per heavy atom. The molecule has 1 aromatic heterocycles. The van der Waals surface area contributed by atoms with Crippen LogP contribution in [0.1, 0.15) is 61.5 Å². The van der Waals surface area contributed by atoms with Crippen molar-refractivity contribution in [3.8, 4) is 0 Å². The van der Waals surface area contributed by atoms with Gasteiger partial charge in [0.1, 0.15) is 23.5 Å². The summed E-state index contributed by atoms with van der Waals surface area (Å²) in [6, 6.07) is 13.2. The van der Waals surface area contributed by atoms with Crippen LogP contribution in [0.25, 0.3) is 11.0 Å². The summed E-state index contributed by atoms with van der Waals surface area (Å²) in [5.74, 6) is -2.61. The minimum Gasteiger partial charge on any atom is -0.366 e. The van der Waals surface area contributed by atoms with Crippen molar-refractivity contribution < 1.29 is 18.0 Å². The normalized spacial score (nSPS) is 29.5. The average Bonchev–Trinajstić information content (AvgIpc) is 3.83. The first-order valence-electron chi connectivity index (χ1n) is 17.1. The summed E-state index contributed by atoms with van der Waals surface area (Å²) in [4.78, 5) is 32.5. The highest BCUT2D eigenvalue weighted by molar-refractivity contribution is 5.85. The van der Waals surface area contributed by atoms with Crippen LogP contribution in [-0.4, -0.2) is 74.8 Å². The predicted octanol–water partition coefficient (Wildman–Crippen LogP) is 5.44. The van der Waals surface area contributed by atoms with Crippen LogP contribution in [0.15, 0.2) is 72.1 Å². The quantitative estimate of drug-likeness (QED) is 0.314. The minimum atomic E-state index is -2.87. The summed E-state index contributed by atoms with van der Waals surface area (Å²) < 4.78 is 44.3. The maximum absolute atomic E-state index is 16.7. The van der Waals surface area contributed by atoms with Crippen LogP contribution in [0.3, 0.4) is 0 Å². The number of carbonyl (C=O) groups excluding carboxylic acids is 1. The molecule has 1 amide bonds. The smallest absolute Gasteiger partial charge is 0.282 e. The number of carbonyl (C=O) groups is 1. The van der Waals surface area contributed by atoms with Gasteiger partial charge in [0.25, 0.3) is 5.92 Å². The van der Waals surface area contributed by atoms with Gasteiger partial charge >= 0.3 is 0 Å². The van der Waals surface area contributed by atoms with Crippen molar-refractivity contribution in [3.05, 3.63) is 89.9 Å². The van der Waals surface area contributed by atoms with Crippen LogP contribution in [0.4, 0.5) is 13.2 Å². The molecule has 9 nitrogen and oxygen atoms in total. The second-order valence-electron chi connectivity index (χ2n) is 14.2. The van der Waals surface area contributed by atoms with Crippen molar-refractivity contribution in [2.24, 2.45) is 22.7 Å². The lowest BCUT2D eigenvalue weighted by Gasteiger charge is -2.40. The number of imidazole rings is 1. The van der Waals surface area contributed by atoms with Crippen LogP contribution < -0.4 is 10.6 Å². The van der Waals surface area contributed by atoms with Crippen molar-refractivity contribution in [3.63, 3.8) is 0 Å². The van der Waals surface area contributed by atoms with Crippen molar-refractivity contribution in [2.75, 3.05) is 26.2 Å². The Hall–Kier alpha value is -4.32. The summed E-state index contributed by atoms with van der Waals surface area (Å²) in [6.07, 6.45) is 11.9. The average molecular weight is 659 g/mol. The van der Waals surface area contributed by atoms with Crippen LogP contribution >= 0.6 is 0 Å². The molecule has 252 valence electrons. The number of rotatable bonds is 7. The van der Waals surface area contributed by atoms with E-state index in [0.717, 1.165) is 31.2 Å². The van der Waals surface area contributed by atoms with Gasteiger partial charge in [-0.3, -0.25) is 14.6 Å². The molecule has 0 radical (unpaired) electrons. The molecule has 8 rings (SSSR count). The van der Waals surface area contributed by atoms with Gasteiger partial charge in [-0.05, 0) is 47.9 Å². The van der Waals surface area contributed by atoms with Crippen LogP contribution in [-0.2, 0) is 11.3 Å². The molecule has 12 heteroatoms. The van der Waals surface area contributed by atoms with Gasteiger partial charge in [0.2, 0.25) is 11.9 Å². The molecular weight excluding hydrogens is 617 g/mol. The second-order valence-corrected chi connectivity index (χ2v) is 14.2. The van der Waals surface area contributed by atoms with Crippen molar-refractivity contribution in [1.29, 1.82) is 0 Å². The zero-order valence-corrected chi connectivity index (χ0v) is 27.0. The number of nitrogens with zero attached hydrogens (tertiary/aromatic N) is 5. The molecule has 1 saturated carbocycles. The van der Waals surface area contributed by atoms with E-state index in [1.54, 1.807) is 6.07 Å². The highest BCUT2D eigenvalue weighted by Gasteiger charge is 2.50. The van der Waals surface area contributed by atoms with Crippen molar-refractivity contribution in [1.82, 2.24) is 35.3 Å². The van der Waals surface area contributed by atoms with E-state index in [9.17, 15) is 13.6 Å². The third kappa shape index (κ3) is 5.84. The summed E-state index contributed by atoms with van der Waals surface area (Å²) in [7, 11) is 0. The van der Waals surface area contributed by atoms with Gasteiger partial charge in [-0.1, -0.05) is 56.2 Å². The number of amides is 1. The number of hydrogen-bond acceptors (Lipinski definition) is 5. The summed E-state index contributed by atoms with van der Waals surface area (Å²) in [6.45, 7) is 2.49. The monoisotopic (exact) mass is 658 g/mol. The molecule has 0 spiro atoms. The number of aromatic amines is 1.